The molecule has 8 nitrogen and oxygen atoms in total. The fourth-order valence-corrected chi connectivity index (χ4v) is 5.21. The van der Waals surface area contributed by atoms with Crippen molar-refractivity contribution in [2.45, 2.75) is 38.1 Å². The average molecular weight is 546 g/mol. The number of rotatable bonds is 10. The van der Waals surface area contributed by atoms with Crippen molar-refractivity contribution in [3.63, 3.8) is 0 Å². The zero-order chi connectivity index (χ0) is 27.0. The zero-order valence-electron chi connectivity index (χ0n) is 21.4. The summed E-state index contributed by atoms with van der Waals surface area (Å²) in [5.74, 6) is 1.13. The molecule has 0 spiro atoms. The predicted octanol–water partition coefficient (Wildman–Crippen LogP) is 4.32. The van der Waals surface area contributed by atoms with Crippen molar-refractivity contribution in [1.29, 1.82) is 0 Å². The van der Waals surface area contributed by atoms with E-state index in [9.17, 15) is 15.0 Å². The van der Waals surface area contributed by atoms with Gasteiger partial charge in [0.15, 0.2) is 6.29 Å². The zero-order valence-corrected chi connectivity index (χ0v) is 22.2. The molecule has 202 valence electrons. The van der Waals surface area contributed by atoms with E-state index >= 15 is 0 Å². The summed E-state index contributed by atoms with van der Waals surface area (Å²) >= 11 is 1.66. The minimum Gasteiger partial charge on any atom is -0.396 e. The molecular weight excluding hydrogens is 514 g/mol. The fraction of sp³-hybridized carbons (Fsp3) is 0.300. The Labute approximate surface area is 231 Å². The summed E-state index contributed by atoms with van der Waals surface area (Å²) in [6.07, 6.45) is 1.46. The number of thioether (sulfide) groups is 1. The summed E-state index contributed by atoms with van der Waals surface area (Å²) in [5.41, 5.74) is 5.41. The van der Waals surface area contributed by atoms with Gasteiger partial charge >= 0.3 is 0 Å². The number of para-hydroxylation sites is 2. The predicted molar refractivity (Wildman–Crippen MR) is 150 cm³/mol. The van der Waals surface area contributed by atoms with Crippen molar-refractivity contribution in [2.75, 3.05) is 18.1 Å². The molecule has 0 radical (unpaired) electrons. The van der Waals surface area contributed by atoms with Crippen LogP contribution in [-0.4, -0.2) is 50.3 Å². The number of aromatic nitrogens is 2. The number of nitrogens with one attached hydrogen (secondary N) is 1. The quantitative estimate of drug-likeness (QED) is 0.253. The summed E-state index contributed by atoms with van der Waals surface area (Å²) < 4.78 is 12.7. The van der Waals surface area contributed by atoms with Crippen LogP contribution in [0.15, 0.2) is 79.0 Å². The van der Waals surface area contributed by atoms with Crippen LogP contribution < -0.4 is 5.32 Å². The number of ether oxygens (including phenoxy) is 2. The molecule has 4 aromatic rings. The number of aliphatic hydroxyl groups excluding tert-OH is 2. The second-order valence-electron chi connectivity index (χ2n) is 9.32. The van der Waals surface area contributed by atoms with E-state index in [0.717, 1.165) is 33.5 Å². The summed E-state index contributed by atoms with van der Waals surface area (Å²) in [7, 11) is 0. The van der Waals surface area contributed by atoms with Crippen LogP contribution in [0.3, 0.4) is 0 Å². The molecule has 3 N–H and O–H groups in total. The Morgan fingerprint density at radius 2 is 1.64 bits per heavy atom. The third kappa shape index (κ3) is 7.00. The van der Waals surface area contributed by atoms with Crippen LogP contribution in [0, 0.1) is 0 Å². The first-order valence-corrected chi connectivity index (χ1v) is 14.1. The van der Waals surface area contributed by atoms with Gasteiger partial charge in [-0.15, -0.1) is 0 Å². The number of carbonyl (C=O) groups is 1. The Bertz CT molecular complexity index is 1380. The van der Waals surface area contributed by atoms with Crippen molar-refractivity contribution in [2.24, 2.45) is 0 Å². The van der Waals surface area contributed by atoms with E-state index in [1.807, 2.05) is 72.8 Å². The molecule has 0 bridgehead atoms. The molecule has 0 saturated carbocycles. The first-order chi connectivity index (χ1) is 19.1. The monoisotopic (exact) mass is 545 g/mol. The largest absolute Gasteiger partial charge is 0.396 e. The lowest BCUT2D eigenvalue weighted by molar-refractivity contribution is -0.245. The highest BCUT2D eigenvalue weighted by Crippen LogP contribution is 2.38. The Hall–Kier alpha value is -3.34. The van der Waals surface area contributed by atoms with Crippen molar-refractivity contribution >= 4 is 28.7 Å². The van der Waals surface area contributed by atoms with E-state index < -0.39 is 6.29 Å². The average Bonchev–Trinajstić information content (AvgIpc) is 3.00. The second-order valence-corrected chi connectivity index (χ2v) is 10.5. The van der Waals surface area contributed by atoms with Gasteiger partial charge in [0.25, 0.3) is 5.91 Å². The maximum Gasteiger partial charge on any atom is 0.271 e. The van der Waals surface area contributed by atoms with Crippen LogP contribution in [0.4, 0.5) is 0 Å². The molecule has 39 heavy (non-hydrogen) atoms. The maximum atomic E-state index is 12.6. The Balaban J connectivity index is 1.24. The lowest BCUT2D eigenvalue weighted by atomic mass is 10.0. The summed E-state index contributed by atoms with van der Waals surface area (Å²) in [6.45, 7) is 0.482. The van der Waals surface area contributed by atoms with Crippen LogP contribution in [-0.2, 0) is 22.6 Å². The normalized spacial score (nSPS) is 19.2. The van der Waals surface area contributed by atoms with Gasteiger partial charge in [-0.2, -0.15) is 11.8 Å². The van der Waals surface area contributed by atoms with Crippen molar-refractivity contribution in [3.8, 4) is 0 Å². The van der Waals surface area contributed by atoms with Crippen molar-refractivity contribution in [3.05, 3.63) is 107 Å². The molecule has 2 heterocycles. The van der Waals surface area contributed by atoms with Crippen molar-refractivity contribution in [1.82, 2.24) is 15.3 Å². The van der Waals surface area contributed by atoms with Crippen LogP contribution in [0.2, 0.25) is 0 Å². The molecule has 1 aliphatic heterocycles. The van der Waals surface area contributed by atoms with Gasteiger partial charge in [-0.05, 0) is 28.8 Å². The summed E-state index contributed by atoms with van der Waals surface area (Å²) in [4.78, 5) is 21.4. The third-order valence-corrected chi connectivity index (χ3v) is 7.62. The molecule has 1 aliphatic rings. The van der Waals surface area contributed by atoms with Gasteiger partial charge in [0, 0.05) is 30.0 Å². The molecule has 3 atom stereocenters. The number of aliphatic hydroxyl groups is 2. The van der Waals surface area contributed by atoms with Gasteiger partial charge < -0.3 is 25.0 Å². The van der Waals surface area contributed by atoms with Gasteiger partial charge in [-0.1, -0.05) is 60.7 Å². The minimum absolute atomic E-state index is 0.000423. The van der Waals surface area contributed by atoms with E-state index in [1.165, 1.54) is 6.20 Å². The maximum absolute atomic E-state index is 12.6. The molecule has 1 amide bonds. The molecular formula is C30H31N3O5S. The lowest BCUT2D eigenvalue weighted by Gasteiger charge is -2.36. The minimum atomic E-state index is -0.544. The standard InChI is InChI=1S/C30H31N3O5S/c34-13-14-39-19-24-15-28(22-9-7-21(18-35)8-10-22)38-30(37-24)23-11-5-20(6-12-23)16-32-29(36)27-17-31-25-3-1-2-4-26(25)33-27/h1-12,17,24,28,30,34-35H,13-16,18-19H2,(H,32,36)/t24-,28+,30+/m1/s1. The topological polar surface area (TPSA) is 114 Å². The highest BCUT2D eigenvalue weighted by Gasteiger charge is 2.32. The van der Waals surface area contributed by atoms with E-state index in [4.69, 9.17) is 9.47 Å². The Morgan fingerprint density at radius 3 is 2.38 bits per heavy atom. The molecule has 0 unspecified atom stereocenters. The van der Waals surface area contributed by atoms with E-state index in [-0.39, 0.29) is 37.0 Å². The van der Waals surface area contributed by atoms with Crippen LogP contribution in [0.1, 0.15) is 51.6 Å². The number of amides is 1. The SMILES string of the molecule is O=C(NCc1ccc([C@H]2O[C@@H](CSCCO)C[C@@H](c3ccc(CO)cc3)O2)cc1)c1cnc2ccccc2n1. The smallest absolute Gasteiger partial charge is 0.271 e. The lowest BCUT2D eigenvalue weighted by Crippen LogP contribution is -2.31. The first-order valence-electron chi connectivity index (χ1n) is 12.9. The van der Waals surface area contributed by atoms with E-state index in [1.54, 1.807) is 11.8 Å². The molecule has 0 aliphatic carbocycles. The fourth-order valence-electron chi connectivity index (χ4n) is 4.43. The Morgan fingerprint density at radius 1 is 0.923 bits per heavy atom. The molecule has 1 aromatic heterocycles. The van der Waals surface area contributed by atoms with Gasteiger partial charge in [0.05, 0.1) is 42.7 Å². The van der Waals surface area contributed by atoms with E-state index in [2.05, 4.69) is 15.3 Å². The number of benzene rings is 3. The summed E-state index contributed by atoms with van der Waals surface area (Å²) in [5, 5.41) is 21.5. The van der Waals surface area contributed by atoms with Gasteiger partial charge in [-0.3, -0.25) is 9.78 Å². The molecule has 9 heteroatoms. The number of hydrogen-bond donors (Lipinski definition) is 3. The second kappa shape index (κ2) is 13.1. The highest BCUT2D eigenvalue weighted by molar-refractivity contribution is 7.99. The highest BCUT2D eigenvalue weighted by atomic mass is 32.2. The molecule has 1 saturated heterocycles. The van der Waals surface area contributed by atoms with Gasteiger partial charge in [-0.25, -0.2) is 4.98 Å². The number of carbonyl (C=O) groups excluding carboxylic acids is 1. The summed E-state index contributed by atoms with van der Waals surface area (Å²) in [6, 6.07) is 23.0. The number of hydrogen-bond acceptors (Lipinski definition) is 8. The third-order valence-electron chi connectivity index (χ3n) is 6.54. The van der Waals surface area contributed by atoms with E-state index in [0.29, 0.717) is 24.2 Å². The van der Waals surface area contributed by atoms with Gasteiger partial charge in [0.1, 0.15) is 5.69 Å². The van der Waals surface area contributed by atoms with Crippen molar-refractivity contribution < 1.29 is 24.5 Å². The van der Waals surface area contributed by atoms with Crippen LogP contribution >= 0.6 is 11.8 Å². The number of fused-ring (bicyclic) bond motifs is 1. The van der Waals surface area contributed by atoms with Gasteiger partial charge in [0.2, 0.25) is 0 Å². The molecule has 3 aromatic carbocycles. The Kier molecular flexibility index (Phi) is 9.18. The molecule has 5 rings (SSSR count). The molecule has 1 fully saturated rings. The first kappa shape index (κ1) is 27.2. The van der Waals surface area contributed by atoms with Crippen LogP contribution in [0.25, 0.3) is 11.0 Å². The van der Waals surface area contributed by atoms with Crippen LogP contribution in [0.5, 0.6) is 0 Å². The number of nitrogens with zero attached hydrogens (tertiary/aromatic N) is 2.